The summed E-state index contributed by atoms with van der Waals surface area (Å²) in [5, 5.41) is 4.86. The molecule has 2 amide bonds. The van der Waals surface area contributed by atoms with Crippen LogP contribution in [-0.2, 0) is 9.59 Å². The molecule has 6 heteroatoms. The fraction of sp³-hybridized carbons (Fsp3) is 0.750. The first-order valence-corrected chi connectivity index (χ1v) is 5.74. The maximum absolute atomic E-state index is 11.2. The average Bonchev–Trinajstić information content (AvgIpc) is 2.21. The Balaban J connectivity index is 3.67. The van der Waals surface area contributed by atoms with Gasteiger partial charge in [0.25, 0.3) is 0 Å². The molecule has 0 bridgehead atoms. The minimum absolute atomic E-state index is 0.0116. The molecule has 0 unspecified atom stereocenters. The number of carbonyl (C=O) groups excluding carboxylic acids is 2. The van der Waals surface area contributed by atoms with Crippen molar-refractivity contribution in [2.45, 2.75) is 12.5 Å². The lowest BCUT2D eigenvalue weighted by molar-refractivity contribution is -0.126. The second kappa shape index (κ2) is 7.64. The van der Waals surface area contributed by atoms with Crippen molar-refractivity contribution in [1.29, 1.82) is 0 Å². The molecule has 0 saturated heterocycles. The third-order valence-corrected chi connectivity index (χ3v) is 2.32. The molecule has 0 aromatic carbocycles. The van der Waals surface area contributed by atoms with Gasteiger partial charge < -0.3 is 16.4 Å². The summed E-state index contributed by atoms with van der Waals surface area (Å²) in [4.78, 5) is 22.0. The number of nitrogens with two attached hydrogens (primary N) is 1. The van der Waals surface area contributed by atoms with Gasteiger partial charge in [0.2, 0.25) is 11.8 Å². The summed E-state index contributed by atoms with van der Waals surface area (Å²) in [6.45, 7) is -0.0116. The van der Waals surface area contributed by atoms with Crippen LogP contribution in [0.2, 0.25) is 0 Å². The number of rotatable bonds is 6. The monoisotopic (exact) mass is 219 g/mol. The van der Waals surface area contributed by atoms with Gasteiger partial charge in [-0.15, -0.1) is 0 Å². The molecular weight excluding hydrogens is 202 g/mol. The van der Waals surface area contributed by atoms with Crippen molar-refractivity contribution in [1.82, 2.24) is 10.6 Å². The van der Waals surface area contributed by atoms with E-state index in [0.717, 1.165) is 5.75 Å². The molecule has 0 aromatic rings. The first-order chi connectivity index (χ1) is 6.61. The Morgan fingerprint density at radius 1 is 1.50 bits per heavy atom. The van der Waals surface area contributed by atoms with Crippen LogP contribution in [0.15, 0.2) is 0 Å². The summed E-state index contributed by atoms with van der Waals surface area (Å²) < 4.78 is 0. The van der Waals surface area contributed by atoms with Crippen LogP contribution < -0.4 is 16.4 Å². The van der Waals surface area contributed by atoms with Crippen LogP contribution in [0, 0.1) is 0 Å². The lowest BCUT2D eigenvalue weighted by Crippen LogP contribution is -2.44. The zero-order chi connectivity index (χ0) is 11.0. The van der Waals surface area contributed by atoms with E-state index in [2.05, 4.69) is 10.6 Å². The molecule has 14 heavy (non-hydrogen) atoms. The first-order valence-electron chi connectivity index (χ1n) is 4.34. The molecule has 0 heterocycles. The molecule has 0 saturated carbocycles. The Morgan fingerprint density at radius 2 is 2.14 bits per heavy atom. The summed E-state index contributed by atoms with van der Waals surface area (Å²) in [7, 11) is 1.52. The highest BCUT2D eigenvalue weighted by Crippen LogP contribution is 1.98. The smallest absolute Gasteiger partial charge is 0.239 e. The van der Waals surface area contributed by atoms with Crippen molar-refractivity contribution in [2.75, 3.05) is 25.6 Å². The largest absolute Gasteiger partial charge is 0.358 e. The van der Waals surface area contributed by atoms with E-state index in [1.54, 1.807) is 11.8 Å². The van der Waals surface area contributed by atoms with Crippen molar-refractivity contribution >= 4 is 23.6 Å². The second-order valence-corrected chi connectivity index (χ2v) is 3.76. The Bertz CT molecular complexity index is 199. The molecule has 0 aliphatic rings. The highest BCUT2D eigenvalue weighted by atomic mass is 32.2. The highest BCUT2D eigenvalue weighted by molar-refractivity contribution is 7.98. The zero-order valence-corrected chi connectivity index (χ0v) is 9.32. The summed E-state index contributed by atoms with van der Waals surface area (Å²) in [5.74, 6) is 0.340. The quantitative estimate of drug-likeness (QED) is 0.531. The van der Waals surface area contributed by atoms with Gasteiger partial charge in [0.1, 0.15) is 0 Å². The molecule has 0 aliphatic carbocycles. The normalized spacial score (nSPS) is 11.9. The Hall–Kier alpha value is -0.750. The van der Waals surface area contributed by atoms with E-state index in [9.17, 15) is 9.59 Å². The lowest BCUT2D eigenvalue weighted by Gasteiger charge is -2.10. The van der Waals surface area contributed by atoms with Crippen LogP contribution in [0.25, 0.3) is 0 Å². The summed E-state index contributed by atoms with van der Waals surface area (Å²) in [5.41, 5.74) is 5.57. The summed E-state index contributed by atoms with van der Waals surface area (Å²) >= 11 is 1.64. The van der Waals surface area contributed by atoms with E-state index >= 15 is 0 Å². The predicted octanol–water partition coefficient (Wildman–Crippen LogP) is -1.07. The maximum Gasteiger partial charge on any atom is 0.239 e. The zero-order valence-electron chi connectivity index (χ0n) is 8.50. The Labute approximate surface area is 88.2 Å². The van der Waals surface area contributed by atoms with Crippen molar-refractivity contribution in [3.63, 3.8) is 0 Å². The van der Waals surface area contributed by atoms with E-state index in [4.69, 9.17) is 5.73 Å². The van der Waals surface area contributed by atoms with Gasteiger partial charge >= 0.3 is 0 Å². The molecule has 0 rings (SSSR count). The minimum Gasteiger partial charge on any atom is -0.358 e. The number of likely N-dealkylation sites (N-methyl/N-ethyl adjacent to an activating group) is 1. The topological polar surface area (TPSA) is 84.2 Å². The van der Waals surface area contributed by atoms with Crippen molar-refractivity contribution in [3.05, 3.63) is 0 Å². The summed E-state index contributed by atoms with van der Waals surface area (Å²) in [6.07, 6.45) is 2.58. The number of amides is 2. The third kappa shape index (κ3) is 5.82. The molecule has 1 atom stereocenters. The standard InChI is InChI=1S/C8H17N3O2S/c1-10-7(12)5-11-8(13)6(9)3-4-14-2/h6H,3-5,9H2,1-2H3,(H,10,12)(H,11,13)/t6-/m1/s1. The number of hydrogen-bond acceptors (Lipinski definition) is 4. The fourth-order valence-electron chi connectivity index (χ4n) is 0.763. The SMILES string of the molecule is CNC(=O)CNC(=O)[C@H](N)CCSC. The highest BCUT2D eigenvalue weighted by Gasteiger charge is 2.12. The van der Waals surface area contributed by atoms with Gasteiger partial charge in [-0.2, -0.15) is 11.8 Å². The van der Waals surface area contributed by atoms with Crippen LogP contribution in [0.4, 0.5) is 0 Å². The van der Waals surface area contributed by atoms with E-state index in [0.29, 0.717) is 6.42 Å². The third-order valence-electron chi connectivity index (χ3n) is 1.67. The molecule has 0 radical (unpaired) electrons. The van der Waals surface area contributed by atoms with Crippen molar-refractivity contribution in [2.24, 2.45) is 5.73 Å². The molecule has 82 valence electrons. The molecule has 5 nitrogen and oxygen atoms in total. The molecular formula is C8H17N3O2S. The number of hydrogen-bond donors (Lipinski definition) is 3. The number of nitrogens with one attached hydrogen (secondary N) is 2. The van der Waals surface area contributed by atoms with Gasteiger partial charge in [0, 0.05) is 7.05 Å². The maximum atomic E-state index is 11.2. The Kier molecular flexibility index (Phi) is 7.23. The average molecular weight is 219 g/mol. The van der Waals surface area contributed by atoms with Gasteiger partial charge in [-0.3, -0.25) is 9.59 Å². The minimum atomic E-state index is -0.521. The van der Waals surface area contributed by atoms with Crippen molar-refractivity contribution in [3.8, 4) is 0 Å². The molecule has 0 aliphatic heterocycles. The second-order valence-electron chi connectivity index (χ2n) is 2.78. The molecule has 0 aromatic heterocycles. The molecule has 0 fully saturated rings. The van der Waals surface area contributed by atoms with Crippen LogP contribution in [0.5, 0.6) is 0 Å². The number of thioether (sulfide) groups is 1. The van der Waals surface area contributed by atoms with E-state index < -0.39 is 6.04 Å². The predicted molar refractivity (Wildman–Crippen MR) is 58.1 cm³/mol. The molecule has 0 spiro atoms. The number of carbonyl (C=O) groups is 2. The first kappa shape index (κ1) is 13.2. The Morgan fingerprint density at radius 3 is 2.64 bits per heavy atom. The van der Waals surface area contributed by atoms with Crippen molar-refractivity contribution < 1.29 is 9.59 Å². The van der Waals surface area contributed by atoms with Gasteiger partial charge in [-0.1, -0.05) is 0 Å². The van der Waals surface area contributed by atoms with Crippen LogP contribution in [0.1, 0.15) is 6.42 Å². The van der Waals surface area contributed by atoms with Crippen LogP contribution in [-0.4, -0.2) is 43.5 Å². The van der Waals surface area contributed by atoms with Gasteiger partial charge in [0.05, 0.1) is 12.6 Å². The van der Waals surface area contributed by atoms with E-state index in [1.807, 2.05) is 6.26 Å². The van der Waals surface area contributed by atoms with Crippen LogP contribution >= 0.6 is 11.8 Å². The fourth-order valence-corrected chi connectivity index (χ4v) is 1.25. The lowest BCUT2D eigenvalue weighted by atomic mass is 10.2. The van der Waals surface area contributed by atoms with Gasteiger partial charge in [-0.25, -0.2) is 0 Å². The molecule has 4 N–H and O–H groups in total. The summed E-state index contributed by atoms with van der Waals surface area (Å²) in [6, 6.07) is -0.521. The van der Waals surface area contributed by atoms with Gasteiger partial charge in [-0.05, 0) is 18.4 Å². The van der Waals surface area contributed by atoms with Crippen LogP contribution in [0.3, 0.4) is 0 Å². The van der Waals surface area contributed by atoms with Gasteiger partial charge in [0.15, 0.2) is 0 Å². The van der Waals surface area contributed by atoms with E-state index in [1.165, 1.54) is 7.05 Å². The van der Waals surface area contributed by atoms with E-state index in [-0.39, 0.29) is 18.4 Å².